The number of nitrogens with one attached hydrogen (secondary N) is 2. The minimum Gasteiger partial charge on any atom is -0.351 e. The SMILES string of the molecule is O=C(NCCn1ccc(=O)[nH]c1=O)C1=CS(=O)(=O)CCC1. The minimum atomic E-state index is -3.28. The predicted molar refractivity (Wildman–Crippen MR) is 75.4 cm³/mol. The highest BCUT2D eigenvalue weighted by Crippen LogP contribution is 2.16. The van der Waals surface area contributed by atoms with Crippen LogP contribution in [-0.2, 0) is 21.2 Å². The van der Waals surface area contributed by atoms with Crippen molar-refractivity contribution in [1.82, 2.24) is 14.9 Å². The smallest absolute Gasteiger partial charge is 0.328 e. The summed E-state index contributed by atoms with van der Waals surface area (Å²) in [6, 6.07) is 1.21. The van der Waals surface area contributed by atoms with Gasteiger partial charge in [0.05, 0.1) is 5.75 Å². The molecule has 0 aliphatic carbocycles. The molecule has 9 heteroatoms. The highest BCUT2D eigenvalue weighted by molar-refractivity contribution is 7.94. The largest absolute Gasteiger partial charge is 0.351 e. The Bertz CT molecular complexity index is 788. The van der Waals surface area contributed by atoms with E-state index in [0.29, 0.717) is 12.8 Å². The van der Waals surface area contributed by atoms with Crippen molar-refractivity contribution < 1.29 is 13.2 Å². The van der Waals surface area contributed by atoms with Crippen molar-refractivity contribution in [2.75, 3.05) is 12.3 Å². The zero-order valence-corrected chi connectivity index (χ0v) is 12.0. The van der Waals surface area contributed by atoms with Gasteiger partial charge in [-0.05, 0) is 12.8 Å². The number of amides is 1. The van der Waals surface area contributed by atoms with Gasteiger partial charge in [-0.3, -0.25) is 19.1 Å². The van der Waals surface area contributed by atoms with Crippen LogP contribution < -0.4 is 16.6 Å². The molecule has 0 saturated heterocycles. The van der Waals surface area contributed by atoms with Gasteiger partial charge >= 0.3 is 5.69 Å². The molecule has 2 rings (SSSR count). The molecule has 21 heavy (non-hydrogen) atoms. The number of aromatic nitrogens is 2. The van der Waals surface area contributed by atoms with E-state index in [1.54, 1.807) is 0 Å². The lowest BCUT2D eigenvalue weighted by molar-refractivity contribution is -0.117. The van der Waals surface area contributed by atoms with Crippen LogP contribution >= 0.6 is 0 Å². The highest BCUT2D eigenvalue weighted by atomic mass is 32.2. The molecule has 0 spiro atoms. The molecule has 0 bridgehead atoms. The summed E-state index contributed by atoms with van der Waals surface area (Å²) in [5.41, 5.74) is -0.816. The highest BCUT2D eigenvalue weighted by Gasteiger charge is 2.20. The van der Waals surface area contributed by atoms with E-state index >= 15 is 0 Å². The number of sulfone groups is 1. The molecular formula is C12H15N3O5S. The van der Waals surface area contributed by atoms with Gasteiger partial charge < -0.3 is 5.32 Å². The number of carbonyl (C=O) groups is 1. The fraction of sp³-hybridized carbons (Fsp3) is 0.417. The van der Waals surface area contributed by atoms with E-state index in [9.17, 15) is 22.8 Å². The van der Waals surface area contributed by atoms with Crippen LogP contribution in [0.3, 0.4) is 0 Å². The van der Waals surface area contributed by atoms with Crippen molar-refractivity contribution in [3.63, 3.8) is 0 Å². The van der Waals surface area contributed by atoms with Crippen molar-refractivity contribution in [3.05, 3.63) is 44.1 Å². The lowest BCUT2D eigenvalue weighted by atomic mass is 10.1. The zero-order valence-electron chi connectivity index (χ0n) is 11.2. The maximum atomic E-state index is 11.8. The second-order valence-electron chi connectivity index (χ2n) is 4.67. The molecule has 114 valence electrons. The van der Waals surface area contributed by atoms with Crippen LogP contribution in [0.25, 0.3) is 0 Å². The van der Waals surface area contributed by atoms with Gasteiger partial charge in [-0.1, -0.05) is 0 Å². The average molecular weight is 313 g/mol. The number of rotatable bonds is 4. The van der Waals surface area contributed by atoms with E-state index < -0.39 is 27.0 Å². The fourth-order valence-electron chi connectivity index (χ4n) is 1.99. The molecule has 1 aliphatic heterocycles. The third kappa shape index (κ3) is 4.15. The third-order valence-corrected chi connectivity index (χ3v) is 4.52. The van der Waals surface area contributed by atoms with E-state index in [0.717, 1.165) is 5.41 Å². The lowest BCUT2D eigenvalue weighted by Crippen LogP contribution is -2.34. The molecule has 1 aliphatic rings. The number of H-pyrrole nitrogens is 1. The number of hydrogen-bond acceptors (Lipinski definition) is 5. The first-order valence-corrected chi connectivity index (χ1v) is 8.10. The quantitative estimate of drug-likeness (QED) is 0.719. The monoisotopic (exact) mass is 313 g/mol. The first-order chi connectivity index (χ1) is 9.87. The Morgan fingerprint density at radius 1 is 1.38 bits per heavy atom. The number of hydrogen-bond donors (Lipinski definition) is 2. The Morgan fingerprint density at radius 2 is 2.14 bits per heavy atom. The summed E-state index contributed by atoms with van der Waals surface area (Å²) in [6.45, 7) is 0.337. The third-order valence-electron chi connectivity index (χ3n) is 3.02. The molecule has 1 amide bonds. The Kier molecular flexibility index (Phi) is 4.41. The second kappa shape index (κ2) is 6.08. The average Bonchev–Trinajstić information content (AvgIpc) is 2.40. The van der Waals surface area contributed by atoms with Crippen molar-refractivity contribution >= 4 is 15.7 Å². The standard InChI is InChI=1S/C12H15N3O5S/c16-10-3-5-15(12(18)14-10)6-4-13-11(17)9-2-1-7-21(19,20)8-9/h3,5,8H,1-2,4,6-7H2,(H,13,17)(H,14,16,18). The lowest BCUT2D eigenvalue weighted by Gasteiger charge is -2.13. The van der Waals surface area contributed by atoms with Crippen molar-refractivity contribution in [2.24, 2.45) is 0 Å². The number of aromatic amines is 1. The van der Waals surface area contributed by atoms with Crippen LogP contribution in [0.1, 0.15) is 12.8 Å². The maximum absolute atomic E-state index is 11.8. The van der Waals surface area contributed by atoms with Crippen LogP contribution in [0.15, 0.2) is 32.8 Å². The molecule has 1 aromatic rings. The number of nitrogens with zero attached hydrogens (tertiary/aromatic N) is 1. The van der Waals surface area contributed by atoms with E-state index in [-0.39, 0.29) is 24.4 Å². The fourth-order valence-corrected chi connectivity index (χ4v) is 3.31. The van der Waals surface area contributed by atoms with E-state index in [1.807, 2.05) is 0 Å². The van der Waals surface area contributed by atoms with Crippen LogP contribution in [0.5, 0.6) is 0 Å². The molecule has 0 atom stereocenters. The molecule has 0 saturated carbocycles. The van der Waals surface area contributed by atoms with Crippen molar-refractivity contribution in [1.29, 1.82) is 0 Å². The Balaban J connectivity index is 1.94. The Labute approximate surface area is 120 Å². The van der Waals surface area contributed by atoms with E-state index in [1.165, 1.54) is 16.8 Å². The second-order valence-corrected chi connectivity index (χ2v) is 6.64. The minimum absolute atomic E-state index is 0.0660. The molecule has 0 radical (unpaired) electrons. The summed E-state index contributed by atoms with van der Waals surface area (Å²) in [7, 11) is -3.28. The summed E-state index contributed by atoms with van der Waals surface area (Å²) in [4.78, 5) is 36.2. The van der Waals surface area contributed by atoms with Crippen LogP contribution in [0.4, 0.5) is 0 Å². The Morgan fingerprint density at radius 3 is 2.81 bits per heavy atom. The normalized spacial score (nSPS) is 17.0. The molecule has 0 aromatic carbocycles. The van der Waals surface area contributed by atoms with Crippen molar-refractivity contribution in [3.8, 4) is 0 Å². The van der Waals surface area contributed by atoms with E-state index in [2.05, 4.69) is 10.3 Å². The summed E-state index contributed by atoms with van der Waals surface area (Å²) in [5.74, 6) is -0.382. The van der Waals surface area contributed by atoms with Gasteiger partial charge in [-0.15, -0.1) is 0 Å². The van der Waals surface area contributed by atoms with E-state index in [4.69, 9.17) is 0 Å². The van der Waals surface area contributed by atoms with Gasteiger partial charge in [0.15, 0.2) is 9.84 Å². The van der Waals surface area contributed by atoms with Crippen LogP contribution in [0.2, 0.25) is 0 Å². The van der Waals surface area contributed by atoms with Crippen LogP contribution in [-0.4, -0.2) is 36.2 Å². The summed E-state index contributed by atoms with van der Waals surface area (Å²) >= 11 is 0. The van der Waals surface area contributed by atoms with Gasteiger partial charge in [0.25, 0.3) is 5.56 Å². The topological polar surface area (TPSA) is 118 Å². The molecule has 0 unspecified atom stereocenters. The van der Waals surface area contributed by atoms with Crippen molar-refractivity contribution in [2.45, 2.75) is 19.4 Å². The first-order valence-electron chi connectivity index (χ1n) is 6.39. The molecule has 8 nitrogen and oxygen atoms in total. The van der Waals surface area contributed by atoms with Gasteiger partial charge in [0.2, 0.25) is 5.91 Å². The zero-order chi connectivity index (χ0) is 15.5. The van der Waals surface area contributed by atoms with Crippen LogP contribution in [0, 0.1) is 0 Å². The summed E-state index contributed by atoms with van der Waals surface area (Å²) < 4.78 is 24.0. The van der Waals surface area contributed by atoms with Gasteiger partial charge in [-0.2, -0.15) is 0 Å². The van der Waals surface area contributed by atoms with Gasteiger partial charge in [0.1, 0.15) is 0 Å². The van der Waals surface area contributed by atoms with Gasteiger partial charge in [-0.25, -0.2) is 13.2 Å². The maximum Gasteiger partial charge on any atom is 0.328 e. The predicted octanol–water partition coefficient (Wildman–Crippen LogP) is -1.25. The molecular weight excluding hydrogens is 298 g/mol. The molecule has 1 aromatic heterocycles. The number of carbonyl (C=O) groups excluding carboxylic acids is 1. The summed E-state index contributed by atoms with van der Waals surface area (Å²) in [6.07, 6.45) is 2.18. The summed E-state index contributed by atoms with van der Waals surface area (Å²) in [5, 5.41) is 3.57. The molecule has 0 fully saturated rings. The Hall–Kier alpha value is -2.16. The first kappa shape index (κ1) is 15.2. The molecule has 2 heterocycles. The molecule has 2 N–H and O–H groups in total. The van der Waals surface area contributed by atoms with Gasteiger partial charge in [0, 0.05) is 36.3 Å².